The Morgan fingerprint density at radius 3 is 2.30 bits per heavy atom. The lowest BCUT2D eigenvalue weighted by Gasteiger charge is -2.36. The zero-order chi connectivity index (χ0) is 21.9. The van der Waals surface area contributed by atoms with Gasteiger partial charge in [-0.15, -0.1) is 0 Å². The molecule has 30 heavy (non-hydrogen) atoms. The highest BCUT2D eigenvalue weighted by atomic mass is 32.2. The molecule has 1 aliphatic carbocycles. The molecule has 1 unspecified atom stereocenters. The number of nitrogens with zero attached hydrogens (tertiary/aromatic N) is 2. The minimum atomic E-state index is -3.97. The molecule has 8 nitrogen and oxygen atoms in total. The summed E-state index contributed by atoms with van der Waals surface area (Å²) < 4.78 is 53.0. The zero-order valence-electron chi connectivity index (χ0n) is 16.7. The normalized spacial score (nSPS) is 20.1. The van der Waals surface area contributed by atoms with Crippen molar-refractivity contribution in [3.8, 4) is 0 Å². The zero-order valence-corrected chi connectivity index (χ0v) is 17.6. The molecule has 1 aromatic rings. The van der Waals surface area contributed by atoms with Crippen LogP contribution in [0.15, 0.2) is 23.1 Å². The second kappa shape index (κ2) is 9.36. The number of carbonyl (C=O) groups excluding carboxylic acids is 2. The van der Waals surface area contributed by atoms with Crippen molar-refractivity contribution in [2.45, 2.75) is 49.6 Å². The van der Waals surface area contributed by atoms with E-state index >= 15 is 0 Å². The molecule has 11 heteroatoms. The molecule has 1 heterocycles. The molecule has 0 bridgehead atoms. The highest BCUT2D eigenvalue weighted by molar-refractivity contribution is 7.89. The van der Waals surface area contributed by atoms with Crippen LogP contribution in [0.25, 0.3) is 0 Å². The molecule has 3 rings (SSSR count). The number of nitrogens with one attached hydrogen (secondary N) is 2. The van der Waals surface area contributed by atoms with Gasteiger partial charge in [0.15, 0.2) is 11.6 Å². The third-order valence-electron chi connectivity index (χ3n) is 5.66. The van der Waals surface area contributed by atoms with E-state index in [1.165, 1.54) is 4.31 Å². The van der Waals surface area contributed by atoms with Crippen LogP contribution in [-0.4, -0.2) is 67.8 Å². The molecule has 1 saturated carbocycles. The van der Waals surface area contributed by atoms with E-state index in [4.69, 9.17) is 0 Å². The Hall–Kier alpha value is -2.11. The van der Waals surface area contributed by atoms with Crippen molar-refractivity contribution >= 4 is 22.0 Å². The van der Waals surface area contributed by atoms with Crippen molar-refractivity contribution < 1.29 is 26.8 Å². The minimum absolute atomic E-state index is 0.0905. The lowest BCUT2D eigenvalue weighted by atomic mass is 10.2. The predicted molar refractivity (Wildman–Crippen MR) is 105 cm³/mol. The van der Waals surface area contributed by atoms with E-state index in [2.05, 4.69) is 10.6 Å². The smallest absolute Gasteiger partial charge is 0.321 e. The van der Waals surface area contributed by atoms with E-state index < -0.39 is 39.6 Å². The topological polar surface area (TPSA) is 98.8 Å². The fourth-order valence-corrected chi connectivity index (χ4v) is 5.23. The average Bonchev–Trinajstić information content (AvgIpc) is 3.22. The lowest BCUT2D eigenvalue weighted by molar-refractivity contribution is -0.125. The molecule has 3 amide bonds. The maximum Gasteiger partial charge on any atom is 0.321 e. The van der Waals surface area contributed by atoms with Gasteiger partial charge in [0, 0.05) is 32.2 Å². The van der Waals surface area contributed by atoms with Gasteiger partial charge < -0.3 is 5.32 Å². The van der Waals surface area contributed by atoms with Crippen molar-refractivity contribution in [1.82, 2.24) is 19.8 Å². The molecule has 166 valence electrons. The first-order valence-electron chi connectivity index (χ1n) is 9.99. The third-order valence-corrected chi connectivity index (χ3v) is 7.55. The molecule has 2 fully saturated rings. The van der Waals surface area contributed by atoms with Crippen LogP contribution in [0.4, 0.5) is 13.6 Å². The standard InChI is InChI=1S/C19H26F2N4O4S/c1-13(18(26)23-19(27)22-14-4-2-3-5-14)24-8-10-25(11-9-24)30(28,29)15-6-7-16(20)17(21)12-15/h6-7,12-14H,2-5,8-11H2,1H3,(H2,22,23,26,27). The molecular formula is C19H26F2N4O4S. The summed E-state index contributed by atoms with van der Waals surface area (Å²) in [6.45, 7) is 2.36. The van der Waals surface area contributed by atoms with Gasteiger partial charge in [-0.2, -0.15) is 4.31 Å². The van der Waals surface area contributed by atoms with Crippen molar-refractivity contribution in [3.05, 3.63) is 29.8 Å². The second-order valence-electron chi connectivity index (χ2n) is 7.64. The average molecular weight is 445 g/mol. The molecule has 0 radical (unpaired) electrons. The molecule has 2 N–H and O–H groups in total. The van der Waals surface area contributed by atoms with Crippen LogP contribution < -0.4 is 10.6 Å². The number of carbonyl (C=O) groups is 2. The summed E-state index contributed by atoms with van der Waals surface area (Å²) in [6.07, 6.45) is 3.94. The maximum atomic E-state index is 13.4. The van der Waals surface area contributed by atoms with Crippen LogP contribution in [-0.2, 0) is 14.8 Å². The van der Waals surface area contributed by atoms with Crippen LogP contribution in [0.5, 0.6) is 0 Å². The Morgan fingerprint density at radius 1 is 1.07 bits per heavy atom. The van der Waals surface area contributed by atoms with E-state index in [0.717, 1.165) is 37.8 Å². The van der Waals surface area contributed by atoms with Gasteiger partial charge in [-0.1, -0.05) is 12.8 Å². The fraction of sp³-hybridized carbons (Fsp3) is 0.579. The van der Waals surface area contributed by atoms with Gasteiger partial charge in [-0.3, -0.25) is 15.0 Å². The summed E-state index contributed by atoms with van der Waals surface area (Å²) in [5, 5.41) is 5.13. The number of piperazine rings is 1. The number of imide groups is 1. The highest BCUT2D eigenvalue weighted by Gasteiger charge is 2.32. The van der Waals surface area contributed by atoms with Crippen molar-refractivity contribution in [3.63, 3.8) is 0 Å². The van der Waals surface area contributed by atoms with Crippen molar-refractivity contribution in [2.75, 3.05) is 26.2 Å². The summed E-state index contributed by atoms with van der Waals surface area (Å²) >= 11 is 0. The fourth-order valence-electron chi connectivity index (χ4n) is 3.79. The molecule has 1 atom stereocenters. The summed E-state index contributed by atoms with van der Waals surface area (Å²) in [5.74, 6) is -2.80. The van der Waals surface area contributed by atoms with Crippen LogP contribution >= 0.6 is 0 Å². The summed E-state index contributed by atoms with van der Waals surface area (Å²) in [7, 11) is -3.97. The molecule has 0 spiro atoms. The molecule has 0 aromatic heterocycles. The van der Waals surface area contributed by atoms with Gasteiger partial charge >= 0.3 is 6.03 Å². The second-order valence-corrected chi connectivity index (χ2v) is 9.57. The van der Waals surface area contributed by atoms with Gasteiger partial charge in [0.05, 0.1) is 10.9 Å². The summed E-state index contributed by atoms with van der Waals surface area (Å²) in [4.78, 5) is 25.8. The van der Waals surface area contributed by atoms with Gasteiger partial charge in [0.2, 0.25) is 15.9 Å². The third kappa shape index (κ3) is 5.13. The Morgan fingerprint density at radius 2 is 1.70 bits per heavy atom. The number of amides is 3. The van der Waals surface area contributed by atoms with Crippen LogP contribution in [0.1, 0.15) is 32.6 Å². The Balaban J connectivity index is 1.53. The van der Waals surface area contributed by atoms with E-state index in [1.807, 2.05) is 0 Å². The number of halogens is 2. The molecule has 1 aliphatic heterocycles. The van der Waals surface area contributed by atoms with Crippen LogP contribution in [0.3, 0.4) is 0 Å². The molecule has 1 saturated heterocycles. The van der Waals surface area contributed by atoms with E-state index in [0.29, 0.717) is 6.07 Å². The van der Waals surface area contributed by atoms with Crippen molar-refractivity contribution in [2.24, 2.45) is 0 Å². The Labute approximate surface area is 174 Å². The van der Waals surface area contributed by atoms with Gasteiger partial charge in [-0.05, 0) is 38.0 Å². The Kier molecular flexibility index (Phi) is 7.04. The number of sulfonamides is 1. The summed E-state index contributed by atoms with van der Waals surface area (Å²) in [6, 6.07) is 1.43. The SMILES string of the molecule is CC(C(=O)NC(=O)NC1CCCC1)N1CCN(S(=O)(=O)c2ccc(F)c(F)c2)CC1. The van der Waals surface area contributed by atoms with Gasteiger partial charge in [0.25, 0.3) is 0 Å². The highest BCUT2D eigenvalue weighted by Crippen LogP contribution is 2.21. The predicted octanol–water partition coefficient (Wildman–Crippen LogP) is 1.43. The number of hydrogen-bond donors (Lipinski definition) is 2. The molecular weight excluding hydrogens is 418 g/mol. The van der Waals surface area contributed by atoms with E-state index in [9.17, 15) is 26.8 Å². The first-order chi connectivity index (χ1) is 14.2. The molecule has 2 aliphatic rings. The summed E-state index contributed by atoms with van der Waals surface area (Å²) in [5.41, 5.74) is 0. The number of rotatable bonds is 5. The first kappa shape index (κ1) is 22.6. The number of benzene rings is 1. The minimum Gasteiger partial charge on any atom is -0.335 e. The molecule has 1 aromatic carbocycles. The van der Waals surface area contributed by atoms with Gasteiger partial charge in [-0.25, -0.2) is 22.0 Å². The van der Waals surface area contributed by atoms with Crippen LogP contribution in [0, 0.1) is 11.6 Å². The number of urea groups is 1. The maximum absolute atomic E-state index is 13.4. The Bertz CT molecular complexity index is 898. The number of hydrogen-bond acceptors (Lipinski definition) is 5. The van der Waals surface area contributed by atoms with Crippen LogP contribution in [0.2, 0.25) is 0 Å². The largest absolute Gasteiger partial charge is 0.335 e. The quantitative estimate of drug-likeness (QED) is 0.716. The van der Waals surface area contributed by atoms with Crippen molar-refractivity contribution in [1.29, 1.82) is 0 Å². The van der Waals surface area contributed by atoms with Gasteiger partial charge in [0.1, 0.15) is 0 Å². The lowest BCUT2D eigenvalue weighted by Crippen LogP contribution is -2.56. The first-order valence-corrected chi connectivity index (χ1v) is 11.4. The van der Waals surface area contributed by atoms with E-state index in [1.54, 1.807) is 11.8 Å². The van der Waals surface area contributed by atoms with E-state index in [-0.39, 0.29) is 37.1 Å². The monoisotopic (exact) mass is 444 g/mol.